The first kappa shape index (κ1) is 15.0. The van der Waals surface area contributed by atoms with Crippen molar-refractivity contribution in [3.63, 3.8) is 0 Å². The van der Waals surface area contributed by atoms with E-state index in [1.807, 2.05) is 42.6 Å². The number of pyridine rings is 1. The molecule has 0 saturated heterocycles. The molecule has 1 unspecified atom stereocenters. The molecule has 3 rings (SSSR count). The molecule has 2 heterocycles. The van der Waals surface area contributed by atoms with Crippen LogP contribution in [-0.2, 0) is 0 Å². The molecule has 116 valence electrons. The van der Waals surface area contributed by atoms with Crippen molar-refractivity contribution >= 4 is 11.9 Å². The van der Waals surface area contributed by atoms with Crippen molar-refractivity contribution in [2.24, 2.45) is 0 Å². The van der Waals surface area contributed by atoms with E-state index in [0.717, 1.165) is 33.7 Å². The molecule has 0 aliphatic carbocycles. The first-order valence-electron chi connectivity index (χ1n) is 7.46. The molecular formula is C19H19N3O. The summed E-state index contributed by atoms with van der Waals surface area (Å²) in [4.78, 5) is 4.19. The van der Waals surface area contributed by atoms with Crippen LogP contribution in [0.4, 0.5) is 0 Å². The van der Waals surface area contributed by atoms with E-state index in [4.69, 9.17) is 10.1 Å². The summed E-state index contributed by atoms with van der Waals surface area (Å²) in [6.45, 7) is 4.25. The van der Waals surface area contributed by atoms with Gasteiger partial charge in [0.1, 0.15) is 5.75 Å². The van der Waals surface area contributed by atoms with Crippen LogP contribution >= 0.6 is 0 Å². The number of nitrogens with zero attached hydrogens (tertiary/aromatic N) is 1. The predicted molar refractivity (Wildman–Crippen MR) is 92.6 cm³/mol. The van der Waals surface area contributed by atoms with Gasteiger partial charge in [0.25, 0.3) is 0 Å². The van der Waals surface area contributed by atoms with Gasteiger partial charge in [-0.25, -0.2) is 0 Å². The van der Waals surface area contributed by atoms with Gasteiger partial charge in [0.05, 0.1) is 13.2 Å². The molecule has 2 aromatic rings. The molecule has 1 aliphatic heterocycles. The lowest BCUT2D eigenvalue weighted by molar-refractivity contribution is 0.415. The van der Waals surface area contributed by atoms with Crippen molar-refractivity contribution in [1.82, 2.24) is 10.3 Å². The minimum Gasteiger partial charge on any atom is -0.497 e. The van der Waals surface area contributed by atoms with E-state index in [1.54, 1.807) is 13.3 Å². The summed E-state index contributed by atoms with van der Waals surface area (Å²) in [5.74, 6) is 0.823. The zero-order valence-electron chi connectivity index (χ0n) is 13.0. The fourth-order valence-corrected chi connectivity index (χ4v) is 2.84. The zero-order chi connectivity index (χ0) is 16.2. The maximum atomic E-state index is 7.48. The second-order valence-corrected chi connectivity index (χ2v) is 5.38. The first-order valence-corrected chi connectivity index (χ1v) is 7.46. The molecule has 23 heavy (non-hydrogen) atoms. The third-order valence-electron chi connectivity index (χ3n) is 4.03. The van der Waals surface area contributed by atoms with Crippen molar-refractivity contribution in [3.05, 3.63) is 77.6 Å². The van der Waals surface area contributed by atoms with Gasteiger partial charge < -0.3 is 15.5 Å². The number of hydrogen-bond donors (Lipinski definition) is 2. The summed E-state index contributed by atoms with van der Waals surface area (Å²) in [7, 11) is 1.66. The summed E-state index contributed by atoms with van der Waals surface area (Å²) < 4.78 is 5.22. The van der Waals surface area contributed by atoms with E-state index in [2.05, 4.69) is 16.9 Å². The molecule has 0 amide bonds. The second-order valence-electron chi connectivity index (χ2n) is 5.38. The van der Waals surface area contributed by atoms with Crippen molar-refractivity contribution < 1.29 is 4.74 Å². The summed E-state index contributed by atoms with van der Waals surface area (Å²) in [5, 5.41) is 11.0. The summed E-state index contributed by atoms with van der Waals surface area (Å²) >= 11 is 0. The highest BCUT2D eigenvalue weighted by atomic mass is 16.5. The average molecular weight is 305 g/mol. The van der Waals surface area contributed by atoms with Crippen LogP contribution in [0.5, 0.6) is 5.75 Å². The Morgan fingerprint density at radius 1 is 1.30 bits per heavy atom. The van der Waals surface area contributed by atoms with Crippen LogP contribution in [0.1, 0.15) is 23.6 Å². The monoisotopic (exact) mass is 305 g/mol. The second kappa shape index (κ2) is 6.48. The first-order chi connectivity index (χ1) is 11.2. The highest BCUT2D eigenvalue weighted by molar-refractivity contribution is 5.80. The largest absolute Gasteiger partial charge is 0.497 e. The Balaban J connectivity index is 1.98. The third-order valence-corrected chi connectivity index (χ3v) is 4.03. The number of methoxy groups -OCH3 is 1. The number of aromatic nitrogens is 1. The quantitative estimate of drug-likeness (QED) is 0.827. The molecule has 4 heteroatoms. The lowest BCUT2D eigenvalue weighted by Gasteiger charge is -2.15. The Labute approximate surface area is 136 Å². The maximum absolute atomic E-state index is 7.48. The van der Waals surface area contributed by atoms with Gasteiger partial charge in [0.2, 0.25) is 0 Å². The number of benzene rings is 1. The highest BCUT2D eigenvalue weighted by Gasteiger charge is 2.28. The maximum Gasteiger partial charge on any atom is 0.118 e. The zero-order valence-corrected chi connectivity index (χ0v) is 13.0. The van der Waals surface area contributed by atoms with Gasteiger partial charge in [-0.15, -0.1) is 0 Å². The topological polar surface area (TPSA) is 58.0 Å². The van der Waals surface area contributed by atoms with Gasteiger partial charge >= 0.3 is 0 Å². The highest BCUT2D eigenvalue weighted by Crippen LogP contribution is 2.39. The van der Waals surface area contributed by atoms with Crippen LogP contribution in [0, 0.1) is 5.41 Å². The van der Waals surface area contributed by atoms with Crippen LogP contribution in [0.2, 0.25) is 0 Å². The Hall–Kier alpha value is -2.88. The van der Waals surface area contributed by atoms with E-state index in [0.29, 0.717) is 6.42 Å². The minimum absolute atomic E-state index is 0.00393. The Morgan fingerprint density at radius 3 is 2.70 bits per heavy atom. The average Bonchev–Trinajstić information content (AvgIpc) is 2.93. The normalized spacial score (nSPS) is 17.1. The minimum atomic E-state index is -0.00393. The Kier molecular flexibility index (Phi) is 4.24. The fourth-order valence-electron chi connectivity index (χ4n) is 2.84. The van der Waals surface area contributed by atoms with Crippen LogP contribution in [0.25, 0.3) is 5.70 Å². The van der Waals surface area contributed by atoms with Gasteiger partial charge in [0.15, 0.2) is 0 Å². The van der Waals surface area contributed by atoms with Gasteiger partial charge in [-0.2, -0.15) is 0 Å². The van der Waals surface area contributed by atoms with Crippen LogP contribution in [0.3, 0.4) is 0 Å². The van der Waals surface area contributed by atoms with Crippen molar-refractivity contribution in [2.45, 2.75) is 12.5 Å². The van der Waals surface area contributed by atoms with Crippen molar-refractivity contribution in [3.8, 4) is 5.75 Å². The fraction of sp³-hybridized carbons (Fsp3) is 0.158. The lowest BCUT2D eigenvalue weighted by Crippen LogP contribution is -2.15. The van der Waals surface area contributed by atoms with Crippen LogP contribution < -0.4 is 10.1 Å². The molecule has 1 atom stereocenters. The van der Waals surface area contributed by atoms with Crippen molar-refractivity contribution in [1.29, 1.82) is 5.41 Å². The number of nitrogens with one attached hydrogen (secondary N) is 2. The molecule has 0 fully saturated rings. The van der Waals surface area contributed by atoms with Crippen molar-refractivity contribution in [2.75, 3.05) is 7.11 Å². The van der Waals surface area contributed by atoms with Gasteiger partial charge in [-0.3, -0.25) is 4.98 Å². The Bertz CT molecular complexity index is 748. The summed E-state index contributed by atoms with van der Waals surface area (Å²) in [6, 6.07) is 11.9. The molecule has 0 radical (unpaired) electrons. The molecule has 0 bridgehead atoms. The lowest BCUT2D eigenvalue weighted by atomic mass is 9.96. The SMILES string of the molecule is C=C1C(CC=N)=C(c2ccc(OC)cc2)NC1c1cccnc1. The Morgan fingerprint density at radius 2 is 2.09 bits per heavy atom. The smallest absolute Gasteiger partial charge is 0.118 e. The number of rotatable bonds is 5. The molecule has 1 aromatic heterocycles. The van der Waals surface area contributed by atoms with E-state index in [-0.39, 0.29) is 6.04 Å². The molecule has 1 aromatic carbocycles. The third kappa shape index (κ3) is 2.88. The van der Waals surface area contributed by atoms with E-state index in [1.165, 1.54) is 6.21 Å². The molecular weight excluding hydrogens is 286 g/mol. The number of hydrogen-bond acceptors (Lipinski definition) is 4. The molecule has 1 aliphatic rings. The number of ether oxygens (including phenoxy) is 1. The molecule has 2 N–H and O–H groups in total. The standard InChI is InChI=1S/C19H19N3O/c1-13-17(9-10-20)19(14-5-7-16(23-2)8-6-14)22-18(13)15-4-3-11-21-12-15/h3-8,10-12,18,20,22H,1,9H2,2H3. The van der Waals surface area contributed by atoms with Gasteiger partial charge in [-0.05, 0) is 58.8 Å². The predicted octanol–water partition coefficient (Wildman–Crippen LogP) is 3.74. The van der Waals surface area contributed by atoms with Crippen LogP contribution in [0.15, 0.2) is 66.5 Å². The van der Waals surface area contributed by atoms with E-state index >= 15 is 0 Å². The van der Waals surface area contributed by atoms with Crippen LogP contribution in [-0.4, -0.2) is 18.3 Å². The summed E-state index contributed by atoms with van der Waals surface area (Å²) in [6.07, 6.45) is 5.58. The van der Waals surface area contributed by atoms with E-state index in [9.17, 15) is 0 Å². The van der Waals surface area contributed by atoms with E-state index < -0.39 is 0 Å². The molecule has 4 nitrogen and oxygen atoms in total. The van der Waals surface area contributed by atoms with Gasteiger partial charge in [-0.1, -0.05) is 12.6 Å². The molecule has 0 spiro atoms. The summed E-state index contributed by atoms with van der Waals surface area (Å²) in [5.41, 5.74) is 5.22. The molecule has 0 saturated carbocycles. The van der Waals surface area contributed by atoms with Gasteiger partial charge in [0, 0.05) is 24.5 Å².